The third-order valence-corrected chi connectivity index (χ3v) is 12.5. The number of hydrogen-bond donors (Lipinski definition) is 0. The summed E-state index contributed by atoms with van der Waals surface area (Å²) in [5.74, 6) is 0.794. The van der Waals surface area contributed by atoms with Crippen LogP contribution in [0.3, 0.4) is 0 Å². The zero-order valence-corrected chi connectivity index (χ0v) is 41.8. The van der Waals surface area contributed by atoms with E-state index in [1.807, 2.05) is 0 Å². The molecule has 0 aromatic rings. The normalized spacial score (nSPS) is 12.0. The van der Waals surface area contributed by atoms with Gasteiger partial charge in [0.25, 0.3) is 0 Å². The van der Waals surface area contributed by atoms with Gasteiger partial charge in [0.15, 0.2) is 6.10 Å². The van der Waals surface area contributed by atoms with Crippen molar-refractivity contribution in [2.45, 2.75) is 310 Å². The van der Waals surface area contributed by atoms with Crippen molar-refractivity contribution in [3.05, 3.63) is 0 Å². The third kappa shape index (κ3) is 49.3. The van der Waals surface area contributed by atoms with Gasteiger partial charge in [-0.25, -0.2) is 0 Å². The highest BCUT2D eigenvalue weighted by atomic mass is 16.6. The highest BCUT2D eigenvalue weighted by Crippen LogP contribution is 2.18. The van der Waals surface area contributed by atoms with E-state index in [1.165, 1.54) is 193 Å². The van der Waals surface area contributed by atoms with E-state index in [0.717, 1.165) is 69.6 Å². The highest BCUT2D eigenvalue weighted by Gasteiger charge is 2.19. The Labute approximate surface area is 380 Å². The van der Waals surface area contributed by atoms with Gasteiger partial charge >= 0.3 is 17.9 Å². The van der Waals surface area contributed by atoms with E-state index >= 15 is 0 Å². The molecule has 362 valence electrons. The lowest BCUT2D eigenvalue weighted by molar-refractivity contribution is -0.167. The molecule has 0 fully saturated rings. The van der Waals surface area contributed by atoms with Crippen molar-refractivity contribution < 1.29 is 28.6 Å². The van der Waals surface area contributed by atoms with Crippen molar-refractivity contribution in [3.63, 3.8) is 0 Å². The fraction of sp³-hybridized carbons (Fsp3) is 0.945. The zero-order valence-electron chi connectivity index (χ0n) is 41.8. The first-order valence-electron chi connectivity index (χ1n) is 27.2. The molecule has 0 saturated heterocycles. The Hall–Kier alpha value is -1.59. The van der Waals surface area contributed by atoms with Crippen molar-refractivity contribution in [3.8, 4) is 0 Å². The molecule has 1 atom stereocenters. The van der Waals surface area contributed by atoms with Gasteiger partial charge in [0, 0.05) is 19.3 Å². The van der Waals surface area contributed by atoms with Crippen LogP contribution in [0.1, 0.15) is 304 Å². The molecule has 0 aromatic carbocycles. The molecule has 0 radical (unpaired) electrons. The summed E-state index contributed by atoms with van der Waals surface area (Å²) in [5.41, 5.74) is 0. The summed E-state index contributed by atoms with van der Waals surface area (Å²) in [7, 11) is 0. The number of rotatable bonds is 49. The predicted octanol–water partition coefficient (Wildman–Crippen LogP) is 17.7. The Morgan fingerprint density at radius 3 is 0.803 bits per heavy atom. The molecule has 0 N–H and O–H groups in total. The first-order chi connectivity index (χ1) is 29.7. The lowest BCUT2D eigenvalue weighted by atomic mass is 10.0. The molecule has 0 aromatic heterocycles. The lowest BCUT2D eigenvalue weighted by Gasteiger charge is -2.18. The number of carbonyl (C=O) groups is 3. The van der Waals surface area contributed by atoms with Crippen molar-refractivity contribution in [1.82, 2.24) is 0 Å². The standard InChI is InChI=1S/C55H106O6/c1-6-7-8-9-10-11-12-13-14-18-21-24-30-35-40-45-53(56)59-48-52(49-60-54(57)46-41-36-31-27-26-29-34-39-44-51(4)5)61-55(58)47-42-37-32-25-22-19-16-15-17-20-23-28-33-38-43-50(2)3/h50-52H,6-49H2,1-5H3/t52-/m1/s1. The van der Waals surface area contributed by atoms with Gasteiger partial charge in [-0.15, -0.1) is 0 Å². The second kappa shape index (κ2) is 47.9. The van der Waals surface area contributed by atoms with E-state index < -0.39 is 6.10 Å². The molecule has 0 aliphatic heterocycles. The van der Waals surface area contributed by atoms with Crippen LogP contribution in [-0.2, 0) is 28.6 Å². The SMILES string of the molecule is CCCCCCCCCCCCCCCCCC(=O)OC[C@H](COC(=O)CCCCCCCCCCC(C)C)OC(=O)CCCCCCCCCCCCCCCCC(C)C. The van der Waals surface area contributed by atoms with Crippen LogP contribution in [0, 0.1) is 11.8 Å². The molecule has 0 aliphatic rings. The number of carbonyl (C=O) groups excluding carboxylic acids is 3. The molecule has 0 spiro atoms. The van der Waals surface area contributed by atoms with Gasteiger partial charge in [0.1, 0.15) is 13.2 Å². The fourth-order valence-corrected chi connectivity index (χ4v) is 8.34. The molecule has 0 unspecified atom stereocenters. The Morgan fingerprint density at radius 1 is 0.311 bits per heavy atom. The molecule has 61 heavy (non-hydrogen) atoms. The lowest BCUT2D eigenvalue weighted by Crippen LogP contribution is -2.30. The first kappa shape index (κ1) is 59.4. The predicted molar refractivity (Wildman–Crippen MR) is 261 cm³/mol. The number of esters is 3. The van der Waals surface area contributed by atoms with Gasteiger partial charge in [0.2, 0.25) is 0 Å². The molecular weight excluding hydrogens is 757 g/mol. The van der Waals surface area contributed by atoms with Gasteiger partial charge in [-0.1, -0.05) is 266 Å². The topological polar surface area (TPSA) is 78.9 Å². The van der Waals surface area contributed by atoms with E-state index in [9.17, 15) is 14.4 Å². The largest absolute Gasteiger partial charge is 0.462 e. The van der Waals surface area contributed by atoms with Gasteiger partial charge in [-0.3, -0.25) is 14.4 Å². The maximum absolute atomic E-state index is 12.8. The van der Waals surface area contributed by atoms with Crippen LogP contribution in [0.15, 0.2) is 0 Å². The molecule has 0 rings (SSSR count). The molecule has 0 aliphatic carbocycles. The van der Waals surface area contributed by atoms with Gasteiger partial charge in [0.05, 0.1) is 0 Å². The van der Waals surface area contributed by atoms with Crippen LogP contribution in [0.2, 0.25) is 0 Å². The second-order valence-corrected chi connectivity index (χ2v) is 19.8. The molecular formula is C55H106O6. The monoisotopic (exact) mass is 863 g/mol. The average molecular weight is 863 g/mol. The minimum atomic E-state index is -0.762. The second-order valence-electron chi connectivity index (χ2n) is 19.8. The maximum atomic E-state index is 12.8. The van der Waals surface area contributed by atoms with E-state index in [1.54, 1.807) is 0 Å². The van der Waals surface area contributed by atoms with E-state index in [4.69, 9.17) is 14.2 Å². The van der Waals surface area contributed by atoms with Crippen LogP contribution < -0.4 is 0 Å². The molecule has 6 heteroatoms. The highest BCUT2D eigenvalue weighted by molar-refractivity contribution is 5.71. The number of unbranched alkanes of at least 4 members (excludes halogenated alkanes) is 34. The molecule has 6 nitrogen and oxygen atoms in total. The van der Waals surface area contributed by atoms with E-state index in [0.29, 0.717) is 19.3 Å². The summed E-state index contributed by atoms with van der Waals surface area (Å²) in [6.45, 7) is 11.4. The van der Waals surface area contributed by atoms with Crippen molar-refractivity contribution in [2.75, 3.05) is 13.2 Å². The summed E-state index contributed by atoms with van der Waals surface area (Å²) in [6.07, 6.45) is 49.5. The minimum absolute atomic E-state index is 0.0634. The Balaban J connectivity index is 4.29. The quantitative estimate of drug-likeness (QED) is 0.0344. The third-order valence-electron chi connectivity index (χ3n) is 12.5. The van der Waals surface area contributed by atoms with E-state index in [-0.39, 0.29) is 31.1 Å². The van der Waals surface area contributed by atoms with Gasteiger partial charge < -0.3 is 14.2 Å². The van der Waals surface area contributed by atoms with Gasteiger partial charge in [-0.2, -0.15) is 0 Å². The van der Waals surface area contributed by atoms with Gasteiger partial charge in [-0.05, 0) is 31.1 Å². The van der Waals surface area contributed by atoms with Crippen LogP contribution in [0.4, 0.5) is 0 Å². The molecule has 0 heterocycles. The first-order valence-corrected chi connectivity index (χ1v) is 27.2. The number of hydrogen-bond acceptors (Lipinski definition) is 6. The molecule has 0 amide bonds. The minimum Gasteiger partial charge on any atom is -0.462 e. The average Bonchev–Trinajstić information content (AvgIpc) is 3.23. The fourth-order valence-electron chi connectivity index (χ4n) is 8.34. The van der Waals surface area contributed by atoms with Crippen LogP contribution in [0.5, 0.6) is 0 Å². The summed E-state index contributed by atoms with van der Waals surface area (Å²) in [4.78, 5) is 38.0. The van der Waals surface area contributed by atoms with Crippen molar-refractivity contribution in [2.24, 2.45) is 11.8 Å². The van der Waals surface area contributed by atoms with Crippen LogP contribution in [0.25, 0.3) is 0 Å². The Morgan fingerprint density at radius 2 is 0.541 bits per heavy atom. The van der Waals surface area contributed by atoms with Crippen molar-refractivity contribution in [1.29, 1.82) is 0 Å². The Bertz CT molecular complexity index is 931. The summed E-state index contributed by atoms with van der Waals surface area (Å²) in [5, 5.41) is 0. The molecule has 0 bridgehead atoms. The molecule has 0 saturated carbocycles. The van der Waals surface area contributed by atoms with Crippen molar-refractivity contribution >= 4 is 17.9 Å². The van der Waals surface area contributed by atoms with Crippen LogP contribution >= 0.6 is 0 Å². The zero-order chi connectivity index (χ0) is 44.7. The summed E-state index contributed by atoms with van der Waals surface area (Å²) in [6, 6.07) is 0. The summed E-state index contributed by atoms with van der Waals surface area (Å²) < 4.78 is 16.8. The smallest absolute Gasteiger partial charge is 0.306 e. The maximum Gasteiger partial charge on any atom is 0.306 e. The summed E-state index contributed by atoms with van der Waals surface area (Å²) >= 11 is 0. The van der Waals surface area contributed by atoms with Crippen LogP contribution in [-0.4, -0.2) is 37.2 Å². The number of ether oxygens (including phenoxy) is 3. The van der Waals surface area contributed by atoms with E-state index in [2.05, 4.69) is 34.6 Å². The Kier molecular flexibility index (Phi) is 46.6.